The summed E-state index contributed by atoms with van der Waals surface area (Å²) >= 11 is 12.4. The molecule has 11 heteroatoms. The van der Waals surface area contributed by atoms with Gasteiger partial charge in [0, 0.05) is 0 Å². The van der Waals surface area contributed by atoms with Crippen LogP contribution in [0.2, 0.25) is 10.0 Å². The third-order valence-electron chi connectivity index (χ3n) is 3.23. The standard InChI is InChI=1S/C14H17Cl2N3O5S/c1-7(20)6-19(25(4,21)22)12-10(16)8(15)5-9-11(12)18-14(24-3)13(17-9)23-2/h5,7,20H,6H2,1-4H3. The van der Waals surface area contributed by atoms with Gasteiger partial charge in [-0.05, 0) is 13.0 Å². The van der Waals surface area contributed by atoms with E-state index in [9.17, 15) is 13.5 Å². The summed E-state index contributed by atoms with van der Waals surface area (Å²) in [6.07, 6.45) is 0.0417. The molecule has 0 spiro atoms. The Balaban J connectivity index is 2.90. The summed E-state index contributed by atoms with van der Waals surface area (Å²) in [7, 11) is -1.02. The van der Waals surface area contributed by atoms with Gasteiger partial charge < -0.3 is 14.6 Å². The van der Waals surface area contributed by atoms with Gasteiger partial charge in [-0.3, -0.25) is 4.31 Å². The van der Waals surface area contributed by atoms with Gasteiger partial charge in [-0.2, -0.15) is 0 Å². The number of aliphatic hydroxyl groups is 1. The van der Waals surface area contributed by atoms with Crippen molar-refractivity contribution in [1.82, 2.24) is 9.97 Å². The number of aliphatic hydroxyl groups excluding tert-OH is 1. The number of anilines is 1. The number of rotatable bonds is 6. The highest BCUT2D eigenvalue weighted by Crippen LogP contribution is 2.41. The number of halogens is 2. The highest BCUT2D eigenvalue weighted by atomic mass is 35.5. The Morgan fingerprint density at radius 1 is 1.24 bits per heavy atom. The zero-order chi connectivity index (χ0) is 18.9. The largest absolute Gasteiger partial charge is 0.477 e. The Hall–Kier alpha value is -1.55. The van der Waals surface area contributed by atoms with Crippen LogP contribution in [0, 0.1) is 0 Å². The van der Waals surface area contributed by atoms with Crippen molar-refractivity contribution in [2.45, 2.75) is 13.0 Å². The third-order valence-corrected chi connectivity index (χ3v) is 5.14. The summed E-state index contributed by atoms with van der Waals surface area (Å²) in [5.74, 6) is 0.168. The lowest BCUT2D eigenvalue weighted by atomic mass is 10.2. The molecule has 0 aliphatic rings. The number of hydrogen-bond donors (Lipinski definition) is 1. The van der Waals surface area contributed by atoms with Crippen LogP contribution in [-0.2, 0) is 10.0 Å². The van der Waals surface area contributed by atoms with Gasteiger partial charge in [0.25, 0.3) is 11.8 Å². The van der Waals surface area contributed by atoms with E-state index in [0.29, 0.717) is 0 Å². The van der Waals surface area contributed by atoms with Crippen molar-refractivity contribution in [3.8, 4) is 11.8 Å². The first kappa shape index (κ1) is 19.8. The molecule has 0 aliphatic heterocycles. The molecule has 0 fully saturated rings. The molecule has 0 aliphatic carbocycles. The van der Waals surface area contributed by atoms with Gasteiger partial charge in [-0.15, -0.1) is 0 Å². The fourth-order valence-electron chi connectivity index (χ4n) is 2.22. The molecule has 2 aromatic rings. The van der Waals surface area contributed by atoms with Crippen LogP contribution in [0.25, 0.3) is 11.0 Å². The smallest absolute Gasteiger partial charge is 0.278 e. The minimum atomic E-state index is -3.79. The molecule has 1 atom stereocenters. The normalized spacial score (nSPS) is 12.9. The molecule has 0 saturated carbocycles. The first-order chi connectivity index (χ1) is 11.6. The van der Waals surface area contributed by atoms with Crippen LogP contribution in [0.15, 0.2) is 6.07 Å². The van der Waals surface area contributed by atoms with Crippen molar-refractivity contribution in [2.24, 2.45) is 0 Å². The topological polar surface area (TPSA) is 102 Å². The minimum absolute atomic E-state index is 0.0148. The highest BCUT2D eigenvalue weighted by molar-refractivity contribution is 7.92. The second-order valence-electron chi connectivity index (χ2n) is 5.27. The number of nitrogens with zero attached hydrogens (tertiary/aromatic N) is 3. The highest BCUT2D eigenvalue weighted by Gasteiger charge is 2.27. The Labute approximate surface area is 155 Å². The van der Waals surface area contributed by atoms with E-state index in [1.54, 1.807) is 0 Å². The molecule has 1 aromatic carbocycles. The van der Waals surface area contributed by atoms with Crippen LogP contribution in [0.1, 0.15) is 6.92 Å². The van der Waals surface area contributed by atoms with Crippen molar-refractivity contribution in [3.05, 3.63) is 16.1 Å². The quantitative estimate of drug-likeness (QED) is 0.778. The molecule has 1 aromatic heterocycles. The van der Waals surface area contributed by atoms with Gasteiger partial charge in [-0.1, -0.05) is 23.2 Å². The van der Waals surface area contributed by atoms with Crippen molar-refractivity contribution in [1.29, 1.82) is 0 Å². The number of aromatic nitrogens is 2. The van der Waals surface area contributed by atoms with Crippen LogP contribution < -0.4 is 13.8 Å². The van der Waals surface area contributed by atoms with E-state index < -0.39 is 16.1 Å². The molecule has 0 amide bonds. The van der Waals surface area contributed by atoms with Crippen molar-refractivity contribution < 1.29 is 23.0 Å². The predicted octanol–water partition coefficient (Wildman–Crippen LogP) is 2.10. The first-order valence-corrected chi connectivity index (χ1v) is 9.64. The molecule has 8 nitrogen and oxygen atoms in total. The third kappa shape index (κ3) is 4.00. The van der Waals surface area contributed by atoms with E-state index in [2.05, 4.69) is 9.97 Å². The number of ether oxygens (including phenoxy) is 2. The Bertz CT molecular complexity index is 905. The SMILES string of the molecule is COc1nc2cc(Cl)c(Cl)c(N(CC(C)O)S(C)(=O)=O)c2nc1OC. The number of sulfonamides is 1. The van der Waals surface area contributed by atoms with E-state index >= 15 is 0 Å². The van der Waals surface area contributed by atoms with Crippen LogP contribution in [0.5, 0.6) is 11.8 Å². The van der Waals surface area contributed by atoms with Crippen molar-refractivity contribution in [2.75, 3.05) is 31.3 Å². The summed E-state index contributed by atoms with van der Waals surface area (Å²) in [5, 5.41) is 9.76. The summed E-state index contributed by atoms with van der Waals surface area (Å²) in [5.41, 5.74) is 0.431. The summed E-state index contributed by atoms with van der Waals surface area (Å²) in [6, 6.07) is 1.44. The molecule has 25 heavy (non-hydrogen) atoms. The van der Waals surface area contributed by atoms with E-state index in [1.807, 2.05) is 0 Å². The maximum absolute atomic E-state index is 12.3. The lowest BCUT2D eigenvalue weighted by molar-refractivity contribution is 0.204. The average Bonchev–Trinajstić information content (AvgIpc) is 2.52. The molecule has 0 bridgehead atoms. The van der Waals surface area contributed by atoms with E-state index in [0.717, 1.165) is 10.6 Å². The van der Waals surface area contributed by atoms with Gasteiger partial charge in [0.1, 0.15) is 5.52 Å². The Kier molecular flexibility index (Phi) is 5.82. The molecule has 0 radical (unpaired) electrons. The second-order valence-corrected chi connectivity index (χ2v) is 7.97. The summed E-state index contributed by atoms with van der Waals surface area (Å²) in [4.78, 5) is 8.50. The van der Waals surface area contributed by atoms with Gasteiger partial charge in [-0.25, -0.2) is 18.4 Å². The molecule has 138 valence electrons. The maximum Gasteiger partial charge on any atom is 0.278 e. The van der Waals surface area contributed by atoms with E-state index in [1.165, 1.54) is 27.2 Å². The number of hydrogen-bond acceptors (Lipinski definition) is 7. The second kappa shape index (κ2) is 7.36. The monoisotopic (exact) mass is 409 g/mol. The van der Waals surface area contributed by atoms with E-state index in [4.69, 9.17) is 32.7 Å². The van der Waals surface area contributed by atoms with Crippen LogP contribution in [0.3, 0.4) is 0 Å². The lowest BCUT2D eigenvalue weighted by Crippen LogP contribution is -2.36. The van der Waals surface area contributed by atoms with E-state index in [-0.39, 0.29) is 45.1 Å². The zero-order valence-corrected chi connectivity index (χ0v) is 16.3. The molecule has 2 rings (SSSR count). The predicted molar refractivity (Wildman–Crippen MR) is 96.5 cm³/mol. The Morgan fingerprint density at radius 3 is 2.28 bits per heavy atom. The zero-order valence-electron chi connectivity index (χ0n) is 13.9. The molecular weight excluding hydrogens is 393 g/mol. The maximum atomic E-state index is 12.3. The lowest BCUT2D eigenvalue weighted by Gasteiger charge is -2.26. The number of fused-ring (bicyclic) bond motifs is 1. The van der Waals surface area contributed by atoms with Gasteiger partial charge in [0.05, 0.1) is 54.4 Å². The number of benzene rings is 1. The summed E-state index contributed by atoms with van der Waals surface area (Å²) < 4.78 is 35.7. The van der Waals surface area contributed by atoms with Gasteiger partial charge >= 0.3 is 0 Å². The fraction of sp³-hybridized carbons (Fsp3) is 0.429. The number of methoxy groups -OCH3 is 2. The molecular formula is C14H17Cl2N3O5S. The molecule has 1 heterocycles. The molecule has 0 saturated heterocycles. The minimum Gasteiger partial charge on any atom is -0.477 e. The summed E-state index contributed by atoms with van der Waals surface area (Å²) in [6.45, 7) is 1.22. The van der Waals surface area contributed by atoms with Crippen molar-refractivity contribution >= 4 is 49.9 Å². The van der Waals surface area contributed by atoms with Gasteiger partial charge in [0.2, 0.25) is 10.0 Å². The van der Waals surface area contributed by atoms with Crippen LogP contribution in [-0.4, -0.2) is 56.6 Å². The average molecular weight is 410 g/mol. The Morgan fingerprint density at radius 2 is 1.80 bits per heavy atom. The van der Waals surface area contributed by atoms with Crippen LogP contribution >= 0.6 is 23.2 Å². The molecule has 1 unspecified atom stereocenters. The van der Waals surface area contributed by atoms with Crippen LogP contribution in [0.4, 0.5) is 5.69 Å². The molecule has 1 N–H and O–H groups in total. The van der Waals surface area contributed by atoms with Gasteiger partial charge in [0.15, 0.2) is 0 Å². The first-order valence-electron chi connectivity index (χ1n) is 7.03. The fourth-order valence-corrected chi connectivity index (χ4v) is 3.70. The van der Waals surface area contributed by atoms with Crippen molar-refractivity contribution in [3.63, 3.8) is 0 Å².